The van der Waals surface area contributed by atoms with E-state index in [1.165, 1.54) is 56.5 Å². The normalized spacial score (nSPS) is 11.0. The molecule has 7 nitrogen and oxygen atoms in total. The van der Waals surface area contributed by atoms with Crippen molar-refractivity contribution in [2.24, 2.45) is 0 Å². The summed E-state index contributed by atoms with van der Waals surface area (Å²) >= 11 is 0. The van der Waals surface area contributed by atoms with Crippen LogP contribution in [-0.4, -0.2) is 41.3 Å². The average Bonchev–Trinajstić information content (AvgIpc) is 2.71. The number of hydrogen-bond donors (Lipinski definition) is 2. The smallest absolute Gasteiger partial charge is 0.167 e. The van der Waals surface area contributed by atoms with Crippen LogP contribution in [0.1, 0.15) is 24.5 Å². The summed E-state index contributed by atoms with van der Waals surface area (Å²) < 4.78 is 10.2. The third-order valence-corrected chi connectivity index (χ3v) is 3.89. The van der Waals surface area contributed by atoms with Crippen LogP contribution < -0.4 is 9.47 Å². The maximum Gasteiger partial charge on any atom is 0.167 e. The molecule has 0 aromatic heterocycles. The van der Waals surface area contributed by atoms with Crippen LogP contribution in [0.3, 0.4) is 0 Å². The van der Waals surface area contributed by atoms with Crippen molar-refractivity contribution in [1.82, 2.24) is 0 Å². The second-order valence-corrected chi connectivity index (χ2v) is 6.43. The van der Waals surface area contributed by atoms with Gasteiger partial charge in [0.2, 0.25) is 0 Å². The van der Waals surface area contributed by atoms with Gasteiger partial charge in [-0.1, -0.05) is 24.3 Å². The van der Waals surface area contributed by atoms with Gasteiger partial charge in [0, 0.05) is 0 Å². The number of ether oxygens (including phenoxy) is 2. The van der Waals surface area contributed by atoms with Gasteiger partial charge in [-0.15, -0.1) is 0 Å². The predicted molar refractivity (Wildman–Crippen MR) is 112 cm³/mol. The van der Waals surface area contributed by atoms with E-state index in [-0.39, 0.29) is 47.6 Å². The number of benzene rings is 2. The Hall–Kier alpha value is -3.87. The van der Waals surface area contributed by atoms with Gasteiger partial charge in [0.25, 0.3) is 0 Å². The molecule has 0 spiro atoms. The Morgan fingerprint density at radius 1 is 0.867 bits per heavy atom. The number of phenols is 2. The lowest BCUT2D eigenvalue weighted by molar-refractivity contribution is -0.122. The van der Waals surface area contributed by atoms with E-state index in [1.54, 1.807) is 18.2 Å². The Bertz CT molecular complexity index is 1000. The van der Waals surface area contributed by atoms with E-state index in [9.17, 15) is 24.6 Å². The molecule has 0 radical (unpaired) electrons. The quantitative estimate of drug-likeness (QED) is 0.457. The minimum atomic E-state index is -0.396. The van der Waals surface area contributed by atoms with Gasteiger partial charge >= 0.3 is 0 Å². The molecule has 0 aliphatic carbocycles. The van der Waals surface area contributed by atoms with Gasteiger partial charge in [-0.3, -0.25) is 14.4 Å². The summed E-state index contributed by atoms with van der Waals surface area (Å²) in [5, 5.41) is 19.3. The number of carbonyl (C=O) groups excluding carboxylic acids is 3. The second-order valence-electron chi connectivity index (χ2n) is 6.43. The molecule has 0 aliphatic rings. The monoisotopic (exact) mass is 410 g/mol. The van der Waals surface area contributed by atoms with Crippen LogP contribution in [0.2, 0.25) is 0 Å². The lowest BCUT2D eigenvalue weighted by Crippen LogP contribution is -2.06. The predicted octanol–water partition coefficient (Wildman–Crippen LogP) is 3.33. The second kappa shape index (κ2) is 10.6. The van der Waals surface area contributed by atoms with Crippen LogP contribution >= 0.6 is 0 Å². The first-order chi connectivity index (χ1) is 14.3. The summed E-state index contributed by atoms with van der Waals surface area (Å²) in [5.41, 5.74) is 1.21. The minimum absolute atomic E-state index is 0.00891. The molecular formula is C23H22O7. The van der Waals surface area contributed by atoms with Crippen molar-refractivity contribution in [3.63, 3.8) is 0 Å². The average molecular weight is 410 g/mol. The van der Waals surface area contributed by atoms with Crippen molar-refractivity contribution in [1.29, 1.82) is 0 Å². The van der Waals surface area contributed by atoms with Crippen molar-refractivity contribution in [2.75, 3.05) is 13.7 Å². The number of methoxy groups -OCH3 is 1. The highest BCUT2D eigenvalue weighted by atomic mass is 16.5. The van der Waals surface area contributed by atoms with E-state index in [0.717, 1.165) is 0 Å². The molecule has 156 valence electrons. The number of hydrogen-bond acceptors (Lipinski definition) is 7. The maximum atomic E-state index is 12.0. The zero-order valence-electron chi connectivity index (χ0n) is 16.6. The number of aromatic hydroxyl groups is 2. The van der Waals surface area contributed by atoms with Crippen LogP contribution in [0.25, 0.3) is 12.2 Å². The molecule has 0 saturated heterocycles. The molecule has 2 N–H and O–H groups in total. The largest absolute Gasteiger partial charge is 0.504 e. The lowest BCUT2D eigenvalue weighted by Gasteiger charge is -2.07. The van der Waals surface area contributed by atoms with Crippen LogP contribution in [-0.2, 0) is 14.4 Å². The summed E-state index contributed by atoms with van der Waals surface area (Å²) in [6, 6.07) is 9.07. The van der Waals surface area contributed by atoms with Crippen LogP contribution in [0.4, 0.5) is 0 Å². The number of Topliss-reactive ketones (excluding diaryl/α,β-unsaturated/α-hetero) is 1. The first kappa shape index (κ1) is 22.4. The molecule has 0 saturated carbocycles. The number of rotatable bonds is 10. The summed E-state index contributed by atoms with van der Waals surface area (Å²) in [7, 11) is 1.42. The Balaban J connectivity index is 1.96. The van der Waals surface area contributed by atoms with Gasteiger partial charge in [-0.25, -0.2) is 0 Å². The van der Waals surface area contributed by atoms with Gasteiger partial charge in [0.05, 0.1) is 13.5 Å². The van der Waals surface area contributed by atoms with Gasteiger partial charge in [0.1, 0.15) is 6.61 Å². The van der Waals surface area contributed by atoms with Crippen molar-refractivity contribution in [3.05, 3.63) is 59.7 Å². The van der Waals surface area contributed by atoms with E-state index < -0.39 is 5.78 Å². The fourth-order valence-electron chi connectivity index (χ4n) is 2.40. The summed E-state index contributed by atoms with van der Waals surface area (Å²) in [4.78, 5) is 35.0. The molecule has 2 aromatic rings. The third-order valence-electron chi connectivity index (χ3n) is 3.89. The summed E-state index contributed by atoms with van der Waals surface area (Å²) in [6.45, 7) is 1.19. The van der Waals surface area contributed by atoms with Gasteiger partial charge in [-0.05, 0) is 54.5 Å². The topological polar surface area (TPSA) is 110 Å². The molecule has 30 heavy (non-hydrogen) atoms. The van der Waals surface area contributed by atoms with Crippen molar-refractivity contribution in [2.45, 2.75) is 13.3 Å². The SMILES string of the molecule is COc1cc(/C=C/C(=O)CC(=O)/C=C/c2ccc(O)c(OCC(C)=O)c2)ccc1O. The summed E-state index contributed by atoms with van der Waals surface area (Å²) in [5.74, 6) is -0.688. The zero-order valence-corrected chi connectivity index (χ0v) is 16.6. The van der Waals surface area contributed by atoms with Gasteiger partial charge < -0.3 is 19.7 Å². The Labute approximate surface area is 173 Å². The van der Waals surface area contributed by atoms with E-state index in [0.29, 0.717) is 11.1 Å². The Morgan fingerprint density at radius 3 is 1.87 bits per heavy atom. The number of allylic oxidation sites excluding steroid dienone is 2. The molecule has 0 unspecified atom stereocenters. The van der Waals surface area contributed by atoms with Crippen LogP contribution in [0, 0.1) is 0 Å². The molecule has 2 rings (SSSR count). The minimum Gasteiger partial charge on any atom is -0.504 e. The number of phenolic OH excluding ortho intramolecular Hbond substituents is 2. The number of ketones is 3. The molecule has 2 aromatic carbocycles. The zero-order chi connectivity index (χ0) is 22.1. The van der Waals surface area contributed by atoms with E-state index in [4.69, 9.17) is 9.47 Å². The summed E-state index contributed by atoms with van der Waals surface area (Å²) in [6.07, 6.45) is 5.25. The van der Waals surface area contributed by atoms with E-state index >= 15 is 0 Å². The lowest BCUT2D eigenvalue weighted by atomic mass is 10.1. The Kier molecular flexibility index (Phi) is 7.93. The highest BCUT2D eigenvalue weighted by molar-refractivity contribution is 6.10. The molecule has 0 amide bonds. The van der Waals surface area contributed by atoms with Crippen molar-refractivity contribution >= 4 is 29.5 Å². The maximum absolute atomic E-state index is 12.0. The third kappa shape index (κ3) is 6.94. The number of carbonyl (C=O) groups is 3. The van der Waals surface area contributed by atoms with E-state index in [2.05, 4.69) is 0 Å². The molecule has 0 bridgehead atoms. The van der Waals surface area contributed by atoms with Crippen LogP contribution in [0.15, 0.2) is 48.6 Å². The highest BCUT2D eigenvalue weighted by Gasteiger charge is 2.07. The molecule has 7 heteroatoms. The van der Waals surface area contributed by atoms with Crippen molar-refractivity contribution < 1.29 is 34.1 Å². The molecule has 0 atom stereocenters. The highest BCUT2D eigenvalue weighted by Crippen LogP contribution is 2.28. The molecule has 0 heterocycles. The standard InChI is InChI=1S/C23H22O7/c1-15(24)14-30-23-12-17(6-10-21(23)28)4-8-19(26)13-18(25)7-3-16-5-9-20(27)22(11-16)29-2/h3-12,27-28H,13-14H2,1-2H3/b7-3+,8-4+. The fraction of sp³-hybridized carbons (Fsp3) is 0.174. The van der Waals surface area contributed by atoms with Gasteiger partial charge in [-0.2, -0.15) is 0 Å². The first-order valence-electron chi connectivity index (χ1n) is 9.02. The van der Waals surface area contributed by atoms with Gasteiger partial charge in [0.15, 0.2) is 40.3 Å². The molecular weight excluding hydrogens is 388 g/mol. The fourth-order valence-corrected chi connectivity index (χ4v) is 2.40. The Morgan fingerprint density at radius 2 is 1.37 bits per heavy atom. The van der Waals surface area contributed by atoms with E-state index in [1.807, 2.05) is 0 Å². The van der Waals surface area contributed by atoms with Crippen LogP contribution in [0.5, 0.6) is 23.0 Å². The molecule has 0 fully saturated rings. The first-order valence-corrected chi connectivity index (χ1v) is 9.02. The molecule has 0 aliphatic heterocycles. The van der Waals surface area contributed by atoms with Crippen molar-refractivity contribution in [3.8, 4) is 23.0 Å².